The Morgan fingerprint density at radius 1 is 1.25 bits per heavy atom. The Balaban J connectivity index is 1.84. The van der Waals surface area contributed by atoms with E-state index in [1.165, 1.54) is 6.08 Å². The number of hydrogen-bond donors (Lipinski definition) is 1. The predicted molar refractivity (Wildman–Crippen MR) is 117 cm³/mol. The van der Waals surface area contributed by atoms with E-state index in [-0.39, 0.29) is 24.3 Å². The average molecular weight is 451 g/mol. The molecule has 0 aromatic heterocycles. The lowest BCUT2D eigenvalue weighted by atomic mass is 9.90. The zero-order valence-electron chi connectivity index (χ0n) is 18.6. The van der Waals surface area contributed by atoms with Crippen molar-refractivity contribution in [3.63, 3.8) is 0 Å². The summed E-state index contributed by atoms with van der Waals surface area (Å²) in [7, 11) is 0. The van der Waals surface area contributed by atoms with Gasteiger partial charge >= 0.3 is 5.97 Å². The van der Waals surface area contributed by atoms with Crippen LogP contribution in [-0.4, -0.2) is 41.6 Å². The Hall–Kier alpha value is -2.54. The molecule has 0 bridgehead atoms. The van der Waals surface area contributed by atoms with E-state index in [4.69, 9.17) is 9.47 Å². The molecule has 0 aliphatic heterocycles. The van der Waals surface area contributed by atoms with Crippen molar-refractivity contribution in [2.24, 2.45) is 11.8 Å². The van der Waals surface area contributed by atoms with Gasteiger partial charge in [-0.25, -0.2) is 0 Å². The number of esters is 1. The maximum atomic E-state index is 14.2. The Bertz CT molecular complexity index is 789. The van der Waals surface area contributed by atoms with E-state index in [1.54, 1.807) is 44.2 Å². The minimum Gasteiger partial charge on any atom is -0.487 e. The van der Waals surface area contributed by atoms with Crippen LogP contribution in [0.1, 0.15) is 46.0 Å². The van der Waals surface area contributed by atoms with Crippen molar-refractivity contribution in [2.75, 3.05) is 6.61 Å². The third-order valence-electron chi connectivity index (χ3n) is 5.15. The third kappa shape index (κ3) is 8.91. The maximum Gasteiger partial charge on any atom is 0.306 e. The molecule has 1 aromatic rings. The first kappa shape index (κ1) is 25.7. The molecular formula is C25H32F2O5. The van der Waals surface area contributed by atoms with Crippen LogP contribution in [0.3, 0.4) is 0 Å². The molecule has 0 unspecified atom stereocenters. The van der Waals surface area contributed by atoms with E-state index >= 15 is 0 Å². The number of ether oxygens (including phenoxy) is 2. The summed E-state index contributed by atoms with van der Waals surface area (Å²) in [5.74, 6) is -4.49. The topological polar surface area (TPSA) is 72.8 Å². The zero-order chi connectivity index (χ0) is 23.6. The van der Waals surface area contributed by atoms with Gasteiger partial charge in [0.05, 0.1) is 12.2 Å². The minimum absolute atomic E-state index is 0.0410. The highest BCUT2D eigenvalue weighted by molar-refractivity contribution is 5.84. The van der Waals surface area contributed by atoms with Crippen LogP contribution in [0.15, 0.2) is 54.6 Å². The van der Waals surface area contributed by atoms with Gasteiger partial charge in [0.2, 0.25) is 0 Å². The summed E-state index contributed by atoms with van der Waals surface area (Å²) in [6.07, 6.45) is 6.42. The van der Waals surface area contributed by atoms with Gasteiger partial charge < -0.3 is 14.6 Å². The van der Waals surface area contributed by atoms with Crippen molar-refractivity contribution in [1.29, 1.82) is 0 Å². The normalized spacial score (nSPS) is 21.7. The van der Waals surface area contributed by atoms with Crippen molar-refractivity contribution >= 4 is 11.8 Å². The molecule has 1 aromatic carbocycles. The molecule has 1 saturated carbocycles. The number of para-hydroxylation sites is 1. The van der Waals surface area contributed by atoms with Crippen LogP contribution in [-0.2, 0) is 14.3 Å². The molecule has 0 spiro atoms. The first-order valence-electron chi connectivity index (χ1n) is 11.0. The molecule has 1 aliphatic rings. The second-order valence-corrected chi connectivity index (χ2v) is 8.28. The Kier molecular flexibility index (Phi) is 10.0. The van der Waals surface area contributed by atoms with Crippen LogP contribution in [0.2, 0.25) is 0 Å². The van der Waals surface area contributed by atoms with Crippen molar-refractivity contribution < 1.29 is 33.0 Å². The minimum atomic E-state index is -3.23. The smallest absolute Gasteiger partial charge is 0.306 e. The van der Waals surface area contributed by atoms with Gasteiger partial charge in [-0.2, -0.15) is 8.78 Å². The molecule has 5 nitrogen and oxygen atoms in total. The monoisotopic (exact) mass is 450 g/mol. The fourth-order valence-corrected chi connectivity index (χ4v) is 3.57. The van der Waals surface area contributed by atoms with Gasteiger partial charge in [0.15, 0.2) is 6.61 Å². The van der Waals surface area contributed by atoms with Gasteiger partial charge in [-0.15, -0.1) is 0 Å². The van der Waals surface area contributed by atoms with Gasteiger partial charge in [0.25, 0.3) is 5.92 Å². The maximum absolute atomic E-state index is 14.2. The van der Waals surface area contributed by atoms with E-state index in [9.17, 15) is 23.5 Å². The molecule has 0 heterocycles. The molecule has 1 N–H and O–H groups in total. The van der Waals surface area contributed by atoms with E-state index in [0.717, 1.165) is 6.08 Å². The van der Waals surface area contributed by atoms with Crippen LogP contribution >= 0.6 is 0 Å². The van der Waals surface area contributed by atoms with Gasteiger partial charge in [0.1, 0.15) is 11.5 Å². The number of halogens is 2. The number of unbranched alkanes of at least 4 members (excludes halogenated alkanes) is 1. The highest BCUT2D eigenvalue weighted by Crippen LogP contribution is 2.34. The predicted octanol–water partition coefficient (Wildman–Crippen LogP) is 4.89. The fourth-order valence-electron chi connectivity index (χ4n) is 3.57. The number of benzene rings is 1. The number of carbonyl (C=O) groups excluding carboxylic acids is 2. The third-order valence-corrected chi connectivity index (χ3v) is 5.15. The number of aliphatic hydroxyl groups excluding tert-OH is 1. The highest BCUT2D eigenvalue weighted by Gasteiger charge is 2.40. The number of alkyl halides is 2. The molecule has 3 atom stereocenters. The Morgan fingerprint density at radius 3 is 2.66 bits per heavy atom. The Morgan fingerprint density at radius 2 is 1.97 bits per heavy atom. The fraction of sp³-hybridized carbons (Fsp3) is 0.520. The molecular weight excluding hydrogens is 418 g/mol. The van der Waals surface area contributed by atoms with Gasteiger partial charge in [0, 0.05) is 24.7 Å². The molecule has 0 radical (unpaired) electrons. The first-order chi connectivity index (χ1) is 15.2. The number of ketones is 1. The molecule has 0 saturated heterocycles. The number of carbonyl (C=O) groups is 2. The quantitative estimate of drug-likeness (QED) is 0.279. The number of rotatable bonds is 12. The van der Waals surface area contributed by atoms with Crippen molar-refractivity contribution in [3.8, 4) is 5.75 Å². The van der Waals surface area contributed by atoms with Crippen LogP contribution in [0.5, 0.6) is 5.75 Å². The van der Waals surface area contributed by atoms with Crippen molar-refractivity contribution in [3.05, 3.63) is 54.6 Å². The second kappa shape index (κ2) is 12.5. The van der Waals surface area contributed by atoms with Crippen molar-refractivity contribution in [1.82, 2.24) is 0 Å². The lowest BCUT2D eigenvalue weighted by molar-refractivity contribution is -0.147. The molecule has 7 heteroatoms. The largest absolute Gasteiger partial charge is 0.487 e. The number of Topliss-reactive ketones (excluding diaryl/α,β-unsaturated/α-hetero) is 1. The number of aliphatic hydroxyl groups is 1. The zero-order valence-corrected chi connectivity index (χ0v) is 18.6. The lowest BCUT2D eigenvalue weighted by Crippen LogP contribution is -2.25. The SMILES string of the molecule is CC(C)OC(=O)CCC/C=C/C[C@H]1C(=O)C[C@@H](O)[C@@H]1/C=C/C(F)(F)COc1ccccc1. The van der Waals surface area contributed by atoms with E-state index < -0.39 is 30.5 Å². The first-order valence-corrected chi connectivity index (χ1v) is 11.0. The summed E-state index contributed by atoms with van der Waals surface area (Å²) in [6.45, 7) is 2.76. The summed E-state index contributed by atoms with van der Waals surface area (Å²) in [5, 5.41) is 10.2. The van der Waals surface area contributed by atoms with E-state index in [0.29, 0.717) is 31.4 Å². The van der Waals surface area contributed by atoms with Gasteiger partial charge in [-0.3, -0.25) is 9.59 Å². The molecule has 1 aliphatic carbocycles. The summed E-state index contributed by atoms with van der Waals surface area (Å²) < 4.78 is 38.6. The second-order valence-electron chi connectivity index (χ2n) is 8.28. The van der Waals surface area contributed by atoms with Crippen LogP contribution < -0.4 is 4.74 Å². The number of allylic oxidation sites excluding steroid dienone is 2. The highest BCUT2D eigenvalue weighted by atomic mass is 19.3. The van der Waals surface area contributed by atoms with Gasteiger partial charge in [-0.05, 0) is 51.3 Å². The van der Waals surface area contributed by atoms with Gasteiger partial charge in [-0.1, -0.05) is 36.4 Å². The lowest BCUT2D eigenvalue weighted by Gasteiger charge is -2.18. The molecule has 176 valence electrons. The van der Waals surface area contributed by atoms with E-state index in [2.05, 4.69) is 0 Å². The Labute approximate surface area is 188 Å². The molecule has 32 heavy (non-hydrogen) atoms. The van der Waals surface area contributed by atoms with Crippen LogP contribution in [0, 0.1) is 11.8 Å². The molecule has 0 amide bonds. The summed E-state index contributed by atoms with van der Waals surface area (Å²) in [4.78, 5) is 23.7. The van der Waals surface area contributed by atoms with Crippen molar-refractivity contribution in [2.45, 2.75) is 64.1 Å². The van der Waals surface area contributed by atoms with Crippen LogP contribution in [0.4, 0.5) is 8.78 Å². The summed E-state index contributed by atoms with van der Waals surface area (Å²) in [6, 6.07) is 8.33. The van der Waals surface area contributed by atoms with E-state index in [1.807, 2.05) is 12.2 Å². The average Bonchev–Trinajstić information content (AvgIpc) is 3.00. The molecule has 2 rings (SSSR count). The molecule has 1 fully saturated rings. The summed E-state index contributed by atoms with van der Waals surface area (Å²) >= 11 is 0. The van der Waals surface area contributed by atoms with Crippen LogP contribution in [0.25, 0.3) is 0 Å². The summed E-state index contributed by atoms with van der Waals surface area (Å²) in [5.41, 5.74) is 0. The number of hydrogen-bond acceptors (Lipinski definition) is 5. The standard InChI is InChI=1S/C25H32F2O5/c1-18(2)32-24(30)13-9-4-3-8-12-20-21(23(29)16-22(20)28)14-15-25(26,27)17-31-19-10-6-5-7-11-19/h3,5-8,10-11,14-15,18,20-21,23,29H,4,9,12-13,16-17H2,1-2H3/b8-3+,15-14+/t20-,21-,23-/m1/s1.